The third-order valence-electron chi connectivity index (χ3n) is 4.55. The SMILES string of the molecule is COc1ccc(C(C)CC(=O)NC2CCN(C)CC2)cc1OC. The van der Waals surface area contributed by atoms with E-state index in [1.54, 1.807) is 14.2 Å². The van der Waals surface area contributed by atoms with Crippen molar-refractivity contribution < 1.29 is 14.3 Å². The Kier molecular flexibility index (Phi) is 6.28. The number of piperidine rings is 1. The smallest absolute Gasteiger partial charge is 0.220 e. The van der Waals surface area contributed by atoms with Crippen molar-refractivity contribution in [2.75, 3.05) is 34.4 Å². The number of hydrogen-bond acceptors (Lipinski definition) is 4. The minimum Gasteiger partial charge on any atom is -0.493 e. The lowest BCUT2D eigenvalue weighted by Crippen LogP contribution is -2.43. The van der Waals surface area contributed by atoms with Crippen LogP contribution in [0.25, 0.3) is 0 Å². The fourth-order valence-electron chi connectivity index (χ4n) is 2.99. The molecule has 23 heavy (non-hydrogen) atoms. The zero-order valence-corrected chi connectivity index (χ0v) is 14.6. The number of carbonyl (C=O) groups excluding carboxylic acids is 1. The third kappa shape index (κ3) is 4.86. The van der Waals surface area contributed by atoms with Crippen LogP contribution in [0.5, 0.6) is 11.5 Å². The summed E-state index contributed by atoms with van der Waals surface area (Å²) >= 11 is 0. The quantitative estimate of drug-likeness (QED) is 0.874. The highest BCUT2D eigenvalue weighted by molar-refractivity contribution is 5.77. The molecule has 1 aliphatic rings. The van der Waals surface area contributed by atoms with Crippen LogP contribution in [0.15, 0.2) is 18.2 Å². The van der Waals surface area contributed by atoms with E-state index in [9.17, 15) is 4.79 Å². The van der Waals surface area contributed by atoms with E-state index < -0.39 is 0 Å². The van der Waals surface area contributed by atoms with Gasteiger partial charge in [0.25, 0.3) is 0 Å². The molecule has 1 aromatic carbocycles. The van der Waals surface area contributed by atoms with Gasteiger partial charge in [0.2, 0.25) is 5.91 Å². The molecule has 0 aromatic heterocycles. The molecule has 1 saturated heterocycles. The van der Waals surface area contributed by atoms with Gasteiger partial charge in [0.05, 0.1) is 14.2 Å². The second-order valence-corrected chi connectivity index (χ2v) is 6.36. The number of rotatable bonds is 6. The topological polar surface area (TPSA) is 50.8 Å². The van der Waals surface area contributed by atoms with E-state index in [1.807, 2.05) is 18.2 Å². The number of ether oxygens (including phenoxy) is 2. The maximum absolute atomic E-state index is 12.3. The molecule has 1 atom stereocenters. The first-order valence-electron chi connectivity index (χ1n) is 8.23. The number of methoxy groups -OCH3 is 2. The van der Waals surface area contributed by atoms with Crippen LogP contribution in [0.4, 0.5) is 0 Å². The zero-order chi connectivity index (χ0) is 16.8. The van der Waals surface area contributed by atoms with Crippen LogP contribution in [0, 0.1) is 0 Å². The van der Waals surface area contributed by atoms with Crippen LogP contribution in [-0.2, 0) is 4.79 Å². The number of amides is 1. The molecule has 0 radical (unpaired) electrons. The number of benzene rings is 1. The molecule has 0 spiro atoms. The van der Waals surface area contributed by atoms with Crippen molar-refractivity contribution in [3.8, 4) is 11.5 Å². The molecule has 0 bridgehead atoms. The predicted molar refractivity (Wildman–Crippen MR) is 91.2 cm³/mol. The summed E-state index contributed by atoms with van der Waals surface area (Å²) in [5.41, 5.74) is 1.08. The van der Waals surface area contributed by atoms with Crippen LogP contribution in [-0.4, -0.2) is 51.2 Å². The standard InChI is InChI=1S/C18H28N2O3/c1-13(14-5-6-16(22-3)17(12-14)23-4)11-18(21)19-15-7-9-20(2)10-8-15/h5-6,12-13,15H,7-11H2,1-4H3,(H,19,21). The molecule has 1 N–H and O–H groups in total. The summed E-state index contributed by atoms with van der Waals surface area (Å²) in [6, 6.07) is 6.15. The lowest BCUT2D eigenvalue weighted by Gasteiger charge is -2.29. The summed E-state index contributed by atoms with van der Waals surface area (Å²) in [5.74, 6) is 1.68. The minimum absolute atomic E-state index is 0.127. The van der Waals surface area contributed by atoms with Gasteiger partial charge >= 0.3 is 0 Å². The van der Waals surface area contributed by atoms with E-state index in [0.29, 0.717) is 24.0 Å². The van der Waals surface area contributed by atoms with Crippen LogP contribution in [0.1, 0.15) is 37.7 Å². The molecule has 1 aliphatic heterocycles. The van der Waals surface area contributed by atoms with Gasteiger partial charge in [-0.05, 0) is 56.6 Å². The Bertz CT molecular complexity index is 525. The predicted octanol–water partition coefficient (Wildman–Crippen LogP) is 2.41. The number of hydrogen-bond donors (Lipinski definition) is 1. The molecule has 0 saturated carbocycles. The average molecular weight is 320 g/mol. The fraction of sp³-hybridized carbons (Fsp3) is 0.611. The molecular weight excluding hydrogens is 292 g/mol. The molecule has 1 aromatic rings. The van der Waals surface area contributed by atoms with Crippen molar-refractivity contribution in [2.45, 2.75) is 38.1 Å². The van der Waals surface area contributed by atoms with Gasteiger partial charge in [0.1, 0.15) is 0 Å². The van der Waals surface area contributed by atoms with Gasteiger partial charge < -0.3 is 19.7 Å². The highest BCUT2D eigenvalue weighted by atomic mass is 16.5. The molecule has 1 amide bonds. The lowest BCUT2D eigenvalue weighted by atomic mass is 9.96. The van der Waals surface area contributed by atoms with Crippen LogP contribution in [0.3, 0.4) is 0 Å². The van der Waals surface area contributed by atoms with Crippen molar-refractivity contribution in [3.05, 3.63) is 23.8 Å². The van der Waals surface area contributed by atoms with E-state index >= 15 is 0 Å². The number of nitrogens with one attached hydrogen (secondary N) is 1. The van der Waals surface area contributed by atoms with Gasteiger partial charge in [-0.1, -0.05) is 13.0 Å². The first-order chi connectivity index (χ1) is 11.0. The van der Waals surface area contributed by atoms with E-state index in [-0.39, 0.29) is 11.8 Å². The molecule has 2 rings (SSSR count). The summed E-state index contributed by atoms with van der Waals surface area (Å²) < 4.78 is 10.6. The maximum Gasteiger partial charge on any atom is 0.220 e. The van der Waals surface area contributed by atoms with Crippen molar-refractivity contribution in [3.63, 3.8) is 0 Å². The zero-order valence-electron chi connectivity index (χ0n) is 14.6. The Morgan fingerprint density at radius 1 is 1.26 bits per heavy atom. The van der Waals surface area contributed by atoms with E-state index in [1.165, 1.54) is 0 Å². The first kappa shape index (κ1) is 17.6. The maximum atomic E-state index is 12.3. The molecule has 0 aliphatic carbocycles. The van der Waals surface area contributed by atoms with Gasteiger partial charge in [-0.25, -0.2) is 0 Å². The fourth-order valence-corrected chi connectivity index (χ4v) is 2.99. The summed E-state index contributed by atoms with van der Waals surface area (Å²) in [6.07, 6.45) is 2.56. The summed E-state index contributed by atoms with van der Waals surface area (Å²) in [4.78, 5) is 14.6. The van der Waals surface area contributed by atoms with E-state index in [0.717, 1.165) is 31.5 Å². The van der Waals surface area contributed by atoms with Crippen LogP contribution < -0.4 is 14.8 Å². The van der Waals surface area contributed by atoms with Gasteiger partial charge in [-0.15, -0.1) is 0 Å². The molecule has 1 fully saturated rings. The molecule has 128 valence electrons. The first-order valence-corrected chi connectivity index (χ1v) is 8.23. The number of likely N-dealkylation sites (tertiary alicyclic amines) is 1. The molecule has 5 heteroatoms. The Balaban J connectivity index is 1.90. The second kappa shape index (κ2) is 8.20. The van der Waals surface area contributed by atoms with E-state index in [2.05, 4.69) is 24.2 Å². The third-order valence-corrected chi connectivity index (χ3v) is 4.55. The molecular formula is C18H28N2O3. The normalized spacial score (nSPS) is 17.6. The Morgan fingerprint density at radius 3 is 2.52 bits per heavy atom. The molecule has 1 heterocycles. The van der Waals surface area contributed by atoms with Gasteiger partial charge in [-0.3, -0.25) is 4.79 Å². The lowest BCUT2D eigenvalue weighted by molar-refractivity contribution is -0.122. The van der Waals surface area contributed by atoms with Gasteiger partial charge in [0.15, 0.2) is 11.5 Å². The number of carbonyl (C=O) groups is 1. The Morgan fingerprint density at radius 2 is 1.91 bits per heavy atom. The Hall–Kier alpha value is -1.75. The van der Waals surface area contributed by atoms with Crippen LogP contribution in [0.2, 0.25) is 0 Å². The molecule has 1 unspecified atom stereocenters. The van der Waals surface area contributed by atoms with Crippen molar-refractivity contribution in [2.24, 2.45) is 0 Å². The minimum atomic E-state index is 0.127. The summed E-state index contributed by atoms with van der Waals surface area (Å²) in [6.45, 7) is 4.17. The monoisotopic (exact) mass is 320 g/mol. The largest absolute Gasteiger partial charge is 0.493 e. The highest BCUT2D eigenvalue weighted by Crippen LogP contribution is 2.31. The Labute approximate surface area is 139 Å². The summed E-state index contributed by atoms with van der Waals surface area (Å²) in [5, 5.41) is 3.17. The van der Waals surface area contributed by atoms with Crippen molar-refractivity contribution in [1.82, 2.24) is 10.2 Å². The molecule has 5 nitrogen and oxygen atoms in total. The van der Waals surface area contributed by atoms with Crippen molar-refractivity contribution >= 4 is 5.91 Å². The average Bonchev–Trinajstić information content (AvgIpc) is 2.56. The number of nitrogens with zero attached hydrogens (tertiary/aromatic N) is 1. The van der Waals surface area contributed by atoms with Crippen LogP contribution >= 0.6 is 0 Å². The second-order valence-electron chi connectivity index (χ2n) is 6.36. The summed E-state index contributed by atoms with van der Waals surface area (Å²) in [7, 11) is 5.37. The van der Waals surface area contributed by atoms with Gasteiger partial charge in [0, 0.05) is 12.5 Å². The van der Waals surface area contributed by atoms with Gasteiger partial charge in [-0.2, -0.15) is 0 Å². The van der Waals surface area contributed by atoms with Crippen molar-refractivity contribution in [1.29, 1.82) is 0 Å². The van der Waals surface area contributed by atoms with E-state index in [4.69, 9.17) is 9.47 Å². The highest BCUT2D eigenvalue weighted by Gasteiger charge is 2.20.